The standard InChI is InChI=1S/C12H16N2O4S/c1-17-11-6-10(9-13)7-12(8-11)18-4-2-3-5-19(14,15)16/h6-8H,2-5H2,1H3,(H2,14,15,16). The van der Waals surface area contributed by atoms with Crippen molar-refractivity contribution < 1.29 is 17.9 Å². The largest absolute Gasteiger partial charge is 0.497 e. The predicted octanol–water partition coefficient (Wildman–Crippen LogP) is 1.01. The molecule has 0 aromatic heterocycles. The van der Waals surface area contributed by atoms with E-state index in [1.54, 1.807) is 18.2 Å². The predicted molar refractivity (Wildman–Crippen MR) is 70.4 cm³/mol. The number of nitriles is 1. The number of nitrogens with two attached hydrogens (primary N) is 1. The van der Waals surface area contributed by atoms with Gasteiger partial charge in [-0.1, -0.05) is 0 Å². The van der Waals surface area contributed by atoms with Crippen molar-refractivity contribution in [2.45, 2.75) is 12.8 Å². The summed E-state index contributed by atoms with van der Waals surface area (Å²) in [6.45, 7) is 0.355. The van der Waals surface area contributed by atoms with Gasteiger partial charge in [0.15, 0.2) is 0 Å². The number of benzene rings is 1. The zero-order chi connectivity index (χ0) is 14.3. The minimum Gasteiger partial charge on any atom is -0.497 e. The molecule has 0 saturated carbocycles. The number of nitrogens with zero attached hydrogens (tertiary/aromatic N) is 1. The van der Waals surface area contributed by atoms with Gasteiger partial charge in [0.1, 0.15) is 11.5 Å². The average molecular weight is 284 g/mol. The lowest BCUT2D eigenvalue weighted by Gasteiger charge is -2.08. The van der Waals surface area contributed by atoms with Gasteiger partial charge in [0.05, 0.1) is 31.1 Å². The molecule has 0 bridgehead atoms. The molecule has 0 amide bonds. The first-order chi connectivity index (χ1) is 8.94. The first-order valence-electron chi connectivity index (χ1n) is 5.67. The highest BCUT2D eigenvalue weighted by Crippen LogP contribution is 2.22. The molecule has 7 heteroatoms. The molecule has 0 spiro atoms. The van der Waals surface area contributed by atoms with Crippen LogP contribution in [0.25, 0.3) is 0 Å². The number of primary sulfonamides is 1. The molecule has 0 heterocycles. The number of sulfonamides is 1. The third kappa shape index (κ3) is 6.08. The molecule has 0 atom stereocenters. The van der Waals surface area contributed by atoms with E-state index in [2.05, 4.69) is 0 Å². The zero-order valence-electron chi connectivity index (χ0n) is 10.6. The van der Waals surface area contributed by atoms with Crippen LogP contribution in [-0.2, 0) is 10.0 Å². The Morgan fingerprint density at radius 2 is 1.95 bits per heavy atom. The normalized spacial score (nSPS) is 10.8. The van der Waals surface area contributed by atoms with Crippen molar-refractivity contribution in [3.8, 4) is 17.6 Å². The Hall–Kier alpha value is -1.78. The summed E-state index contributed by atoms with van der Waals surface area (Å²) in [5, 5.41) is 13.7. The number of unbranched alkanes of at least 4 members (excludes halogenated alkanes) is 1. The van der Waals surface area contributed by atoms with Gasteiger partial charge < -0.3 is 9.47 Å². The van der Waals surface area contributed by atoms with Crippen molar-refractivity contribution in [3.05, 3.63) is 23.8 Å². The molecule has 0 fully saturated rings. The van der Waals surface area contributed by atoms with Crippen LogP contribution in [0.5, 0.6) is 11.5 Å². The molecular formula is C12H16N2O4S. The molecule has 19 heavy (non-hydrogen) atoms. The summed E-state index contributed by atoms with van der Waals surface area (Å²) in [4.78, 5) is 0. The fraction of sp³-hybridized carbons (Fsp3) is 0.417. The highest BCUT2D eigenvalue weighted by molar-refractivity contribution is 7.89. The molecule has 1 aromatic carbocycles. The summed E-state index contributed by atoms with van der Waals surface area (Å²) < 4.78 is 31.9. The fourth-order valence-corrected chi connectivity index (χ4v) is 2.04. The molecule has 1 aromatic rings. The highest BCUT2D eigenvalue weighted by atomic mass is 32.2. The number of methoxy groups -OCH3 is 1. The SMILES string of the molecule is COc1cc(C#N)cc(OCCCCS(N)(=O)=O)c1. The van der Waals surface area contributed by atoms with E-state index < -0.39 is 10.0 Å². The molecule has 0 unspecified atom stereocenters. The Morgan fingerprint density at radius 3 is 2.53 bits per heavy atom. The van der Waals surface area contributed by atoms with Gasteiger partial charge in [0.25, 0.3) is 0 Å². The number of rotatable bonds is 7. The van der Waals surface area contributed by atoms with Crippen molar-refractivity contribution in [1.82, 2.24) is 0 Å². The molecule has 0 radical (unpaired) electrons. The van der Waals surface area contributed by atoms with Crippen LogP contribution < -0.4 is 14.6 Å². The Balaban J connectivity index is 2.47. The van der Waals surface area contributed by atoms with Gasteiger partial charge in [-0.15, -0.1) is 0 Å². The third-order valence-electron chi connectivity index (χ3n) is 2.34. The lowest BCUT2D eigenvalue weighted by atomic mass is 10.2. The monoisotopic (exact) mass is 284 g/mol. The van der Waals surface area contributed by atoms with Gasteiger partial charge in [-0.3, -0.25) is 0 Å². The van der Waals surface area contributed by atoms with E-state index in [9.17, 15) is 8.42 Å². The summed E-state index contributed by atoms with van der Waals surface area (Å²) in [6, 6.07) is 6.88. The van der Waals surface area contributed by atoms with Gasteiger partial charge in [0.2, 0.25) is 10.0 Å². The van der Waals surface area contributed by atoms with Crippen LogP contribution in [0, 0.1) is 11.3 Å². The zero-order valence-corrected chi connectivity index (χ0v) is 11.4. The van der Waals surface area contributed by atoms with E-state index >= 15 is 0 Å². The first-order valence-corrected chi connectivity index (χ1v) is 7.38. The maximum atomic E-state index is 10.7. The van der Waals surface area contributed by atoms with Crippen molar-refractivity contribution in [2.24, 2.45) is 5.14 Å². The Labute approximate surface area is 112 Å². The smallest absolute Gasteiger partial charge is 0.209 e. The summed E-state index contributed by atoms with van der Waals surface area (Å²) in [7, 11) is -1.90. The van der Waals surface area contributed by atoms with E-state index in [1.807, 2.05) is 6.07 Å². The molecule has 1 rings (SSSR count). The summed E-state index contributed by atoms with van der Waals surface area (Å²) in [6.07, 6.45) is 1.00. The lowest BCUT2D eigenvalue weighted by molar-refractivity contribution is 0.307. The van der Waals surface area contributed by atoms with Crippen LogP contribution in [0.4, 0.5) is 0 Å². The van der Waals surface area contributed by atoms with Gasteiger partial charge in [-0.05, 0) is 25.0 Å². The molecule has 0 aliphatic rings. The van der Waals surface area contributed by atoms with Crippen molar-refractivity contribution in [2.75, 3.05) is 19.5 Å². The van der Waals surface area contributed by atoms with Gasteiger partial charge in [-0.25, -0.2) is 13.6 Å². The second kappa shape index (κ2) is 6.97. The van der Waals surface area contributed by atoms with Gasteiger partial charge in [0, 0.05) is 6.07 Å². The summed E-state index contributed by atoms with van der Waals surface area (Å²) in [5.41, 5.74) is 0.443. The van der Waals surface area contributed by atoms with Crippen LogP contribution >= 0.6 is 0 Å². The first kappa shape index (κ1) is 15.3. The van der Waals surface area contributed by atoms with E-state index in [1.165, 1.54) is 7.11 Å². The second-order valence-electron chi connectivity index (χ2n) is 3.93. The van der Waals surface area contributed by atoms with Crippen molar-refractivity contribution in [1.29, 1.82) is 5.26 Å². The molecule has 0 saturated heterocycles. The molecule has 104 valence electrons. The molecule has 6 nitrogen and oxygen atoms in total. The second-order valence-corrected chi connectivity index (χ2v) is 5.67. The summed E-state index contributed by atoms with van der Waals surface area (Å²) >= 11 is 0. The highest BCUT2D eigenvalue weighted by Gasteiger charge is 2.04. The lowest BCUT2D eigenvalue weighted by Crippen LogP contribution is -2.16. The molecule has 0 aliphatic carbocycles. The van der Waals surface area contributed by atoms with Crippen molar-refractivity contribution in [3.63, 3.8) is 0 Å². The maximum absolute atomic E-state index is 10.7. The Morgan fingerprint density at radius 1 is 1.26 bits per heavy atom. The number of hydrogen-bond acceptors (Lipinski definition) is 5. The topological polar surface area (TPSA) is 102 Å². The van der Waals surface area contributed by atoms with Crippen LogP contribution in [0.3, 0.4) is 0 Å². The Bertz CT molecular complexity index is 564. The quantitative estimate of drug-likeness (QED) is 0.753. The Kier molecular flexibility index (Phi) is 5.60. The minimum absolute atomic E-state index is 0.0576. The average Bonchev–Trinajstić information content (AvgIpc) is 2.36. The van der Waals surface area contributed by atoms with Crippen LogP contribution in [0.1, 0.15) is 18.4 Å². The van der Waals surface area contributed by atoms with Gasteiger partial charge in [-0.2, -0.15) is 5.26 Å². The van der Waals surface area contributed by atoms with E-state index in [-0.39, 0.29) is 5.75 Å². The number of ether oxygens (including phenoxy) is 2. The molecule has 2 N–H and O–H groups in total. The fourth-order valence-electron chi connectivity index (χ4n) is 1.43. The minimum atomic E-state index is -3.41. The molecular weight excluding hydrogens is 268 g/mol. The third-order valence-corrected chi connectivity index (χ3v) is 3.19. The van der Waals surface area contributed by atoms with E-state index in [4.69, 9.17) is 19.9 Å². The van der Waals surface area contributed by atoms with Crippen molar-refractivity contribution >= 4 is 10.0 Å². The van der Waals surface area contributed by atoms with Crippen LogP contribution in [0.2, 0.25) is 0 Å². The van der Waals surface area contributed by atoms with E-state index in [0.29, 0.717) is 36.5 Å². The van der Waals surface area contributed by atoms with Crippen LogP contribution in [0.15, 0.2) is 18.2 Å². The summed E-state index contributed by atoms with van der Waals surface area (Å²) in [5.74, 6) is 1.00. The maximum Gasteiger partial charge on any atom is 0.209 e. The molecule has 0 aliphatic heterocycles. The van der Waals surface area contributed by atoms with Gasteiger partial charge >= 0.3 is 0 Å². The number of hydrogen-bond donors (Lipinski definition) is 1. The van der Waals surface area contributed by atoms with Crippen LogP contribution in [-0.4, -0.2) is 27.9 Å². The van der Waals surface area contributed by atoms with E-state index in [0.717, 1.165) is 0 Å².